The molecule has 1 aliphatic rings. The van der Waals surface area contributed by atoms with E-state index in [1.54, 1.807) is 49.3 Å². The van der Waals surface area contributed by atoms with Gasteiger partial charge in [-0.05, 0) is 71.1 Å². The predicted molar refractivity (Wildman–Crippen MR) is 145 cm³/mol. The molecule has 1 N–H and O–H groups in total. The van der Waals surface area contributed by atoms with Gasteiger partial charge in [0.05, 0.1) is 19.8 Å². The van der Waals surface area contributed by atoms with Crippen LogP contribution in [0.2, 0.25) is 0 Å². The molecule has 2 aromatic carbocycles. The summed E-state index contributed by atoms with van der Waals surface area (Å²) < 4.78 is 23.4. The van der Waals surface area contributed by atoms with Crippen molar-refractivity contribution >= 4 is 12.1 Å². The summed E-state index contributed by atoms with van der Waals surface area (Å²) in [5.41, 5.74) is 0.910. The van der Waals surface area contributed by atoms with E-state index in [4.69, 9.17) is 18.9 Å². The molecule has 0 aliphatic carbocycles. The monoisotopic (exact) mass is 527 g/mol. The Morgan fingerprint density at radius 3 is 2.47 bits per heavy atom. The number of hydrogen-bond donors (Lipinski definition) is 1. The van der Waals surface area contributed by atoms with E-state index in [1.165, 1.54) is 0 Å². The van der Waals surface area contributed by atoms with Gasteiger partial charge in [-0.3, -0.25) is 0 Å². The van der Waals surface area contributed by atoms with Gasteiger partial charge in [-0.2, -0.15) is 0 Å². The number of benzene rings is 2. The van der Waals surface area contributed by atoms with Crippen molar-refractivity contribution < 1.29 is 33.6 Å². The van der Waals surface area contributed by atoms with Crippen LogP contribution in [0, 0.1) is 12.8 Å². The highest BCUT2D eigenvalue weighted by Crippen LogP contribution is 2.47. The maximum Gasteiger partial charge on any atom is 0.410 e. The zero-order chi connectivity index (χ0) is 27.9. The summed E-state index contributed by atoms with van der Waals surface area (Å²) in [7, 11) is 1.55. The quantitative estimate of drug-likeness (QED) is 0.227. The van der Waals surface area contributed by atoms with Crippen LogP contribution in [0.5, 0.6) is 17.2 Å². The molecule has 38 heavy (non-hydrogen) atoms. The van der Waals surface area contributed by atoms with Crippen LogP contribution in [-0.4, -0.2) is 54.5 Å². The molecule has 0 bridgehead atoms. The van der Waals surface area contributed by atoms with Gasteiger partial charge in [0.2, 0.25) is 0 Å². The van der Waals surface area contributed by atoms with Gasteiger partial charge in [0.25, 0.3) is 0 Å². The van der Waals surface area contributed by atoms with E-state index >= 15 is 0 Å². The van der Waals surface area contributed by atoms with Gasteiger partial charge < -0.3 is 29.0 Å². The molecule has 1 amide bonds. The number of rotatable bonds is 10. The number of aliphatic hydroxyl groups is 1. The number of esters is 1. The molecule has 1 fully saturated rings. The van der Waals surface area contributed by atoms with E-state index in [0.29, 0.717) is 48.8 Å². The normalized spacial score (nSPS) is 17.3. The lowest BCUT2D eigenvalue weighted by molar-refractivity contribution is 0.0197. The molecule has 2 unspecified atom stereocenters. The molecule has 0 saturated carbocycles. The lowest BCUT2D eigenvalue weighted by Crippen LogP contribution is -2.37. The van der Waals surface area contributed by atoms with E-state index in [0.717, 1.165) is 18.4 Å². The number of aliphatic hydroxyl groups excluding tert-OH is 1. The van der Waals surface area contributed by atoms with Crippen molar-refractivity contribution in [3.63, 3.8) is 0 Å². The topological polar surface area (TPSA) is 94.5 Å². The van der Waals surface area contributed by atoms with Crippen molar-refractivity contribution in [2.24, 2.45) is 5.92 Å². The van der Waals surface area contributed by atoms with Gasteiger partial charge in [-0.1, -0.05) is 31.5 Å². The summed E-state index contributed by atoms with van der Waals surface area (Å²) in [5, 5.41) is 9.79. The Balaban J connectivity index is 2.12. The highest BCUT2D eigenvalue weighted by molar-refractivity contribution is 5.96. The average Bonchev–Trinajstić information content (AvgIpc) is 3.27. The van der Waals surface area contributed by atoms with Crippen LogP contribution in [0.4, 0.5) is 4.79 Å². The van der Waals surface area contributed by atoms with Gasteiger partial charge in [0, 0.05) is 24.3 Å². The van der Waals surface area contributed by atoms with E-state index in [-0.39, 0.29) is 18.1 Å². The second-order valence-electron chi connectivity index (χ2n) is 10.6. The summed E-state index contributed by atoms with van der Waals surface area (Å²) in [6.07, 6.45) is 2.53. The van der Waals surface area contributed by atoms with Crippen LogP contribution >= 0.6 is 0 Å². The highest BCUT2D eigenvalue weighted by Gasteiger charge is 2.42. The maximum atomic E-state index is 13.4. The summed E-state index contributed by atoms with van der Waals surface area (Å²) in [6.45, 7) is 10.3. The molecule has 0 radical (unpaired) electrons. The van der Waals surface area contributed by atoms with Crippen LogP contribution in [0.1, 0.15) is 80.9 Å². The fourth-order valence-electron chi connectivity index (χ4n) is 4.90. The Labute approximate surface area is 225 Å². The van der Waals surface area contributed by atoms with Crippen LogP contribution < -0.4 is 14.2 Å². The Bertz CT molecular complexity index is 1090. The third kappa shape index (κ3) is 6.98. The number of carbonyl (C=O) groups excluding carboxylic acids is 2. The Hall–Kier alpha value is -3.26. The van der Waals surface area contributed by atoms with E-state index < -0.39 is 23.7 Å². The Morgan fingerprint density at radius 2 is 1.87 bits per heavy atom. The summed E-state index contributed by atoms with van der Waals surface area (Å²) in [4.78, 5) is 28.4. The van der Waals surface area contributed by atoms with Crippen molar-refractivity contribution in [2.45, 2.75) is 71.9 Å². The number of likely N-dealkylation sites (tertiary alicyclic amines) is 1. The number of methoxy groups -OCH3 is 1. The molecule has 0 spiro atoms. The number of carbonyl (C=O) groups is 2. The number of nitrogens with zero attached hydrogens (tertiary/aromatic N) is 1. The fourth-order valence-corrected chi connectivity index (χ4v) is 4.90. The van der Waals surface area contributed by atoms with Crippen LogP contribution in [-0.2, 0) is 4.74 Å². The smallest absolute Gasteiger partial charge is 0.410 e. The molecular weight excluding hydrogens is 486 g/mol. The van der Waals surface area contributed by atoms with Crippen LogP contribution in [0.25, 0.3) is 0 Å². The molecular formula is C30H41NO7. The average molecular weight is 528 g/mol. The molecule has 8 nitrogen and oxygen atoms in total. The first kappa shape index (κ1) is 29.3. The van der Waals surface area contributed by atoms with Crippen molar-refractivity contribution in [1.29, 1.82) is 0 Å². The second-order valence-corrected chi connectivity index (χ2v) is 10.6. The standard InChI is InChI=1S/C30H41NO7/c1-7-8-18-36-24-19-23(26-21(15-17-32)14-16-31(26)29(34)38-30(3,4)5)27(35-6)20(2)25(24)28(33)37-22-12-10-9-11-13-22/h9-13,19,21,26,32H,7-8,14-18H2,1-6H3. The van der Waals surface area contributed by atoms with Crippen molar-refractivity contribution in [3.05, 3.63) is 53.1 Å². The van der Waals surface area contributed by atoms with Crippen molar-refractivity contribution in [2.75, 3.05) is 26.9 Å². The van der Waals surface area contributed by atoms with E-state index in [1.807, 2.05) is 26.8 Å². The lowest BCUT2D eigenvalue weighted by Gasteiger charge is -2.32. The summed E-state index contributed by atoms with van der Waals surface area (Å²) >= 11 is 0. The third-order valence-electron chi connectivity index (χ3n) is 6.60. The largest absolute Gasteiger partial charge is 0.496 e. The number of ether oxygens (including phenoxy) is 4. The molecule has 1 heterocycles. The third-order valence-corrected chi connectivity index (χ3v) is 6.60. The highest BCUT2D eigenvalue weighted by atomic mass is 16.6. The van der Waals surface area contributed by atoms with Gasteiger partial charge in [0.15, 0.2) is 0 Å². The lowest BCUT2D eigenvalue weighted by atomic mass is 9.88. The van der Waals surface area contributed by atoms with Crippen LogP contribution in [0.15, 0.2) is 36.4 Å². The molecule has 0 aromatic heterocycles. The Kier molecular flexibility index (Phi) is 10.0. The van der Waals surface area contributed by atoms with Crippen LogP contribution in [0.3, 0.4) is 0 Å². The minimum atomic E-state index is -0.657. The molecule has 3 rings (SSSR count). The molecule has 2 atom stereocenters. The van der Waals surface area contributed by atoms with Gasteiger partial charge in [0.1, 0.15) is 28.4 Å². The minimum Gasteiger partial charge on any atom is -0.496 e. The Morgan fingerprint density at radius 1 is 1.16 bits per heavy atom. The number of para-hydroxylation sites is 1. The zero-order valence-corrected chi connectivity index (χ0v) is 23.4. The summed E-state index contributed by atoms with van der Waals surface area (Å²) in [5.74, 6) is 0.718. The molecule has 208 valence electrons. The van der Waals surface area contributed by atoms with Gasteiger partial charge >= 0.3 is 12.1 Å². The van der Waals surface area contributed by atoms with E-state index in [2.05, 4.69) is 6.92 Å². The van der Waals surface area contributed by atoms with Gasteiger partial charge in [-0.25, -0.2) is 9.59 Å². The van der Waals surface area contributed by atoms with E-state index in [9.17, 15) is 14.7 Å². The first-order valence-electron chi connectivity index (χ1n) is 13.3. The molecule has 1 aliphatic heterocycles. The molecule has 1 saturated heterocycles. The van der Waals surface area contributed by atoms with Crippen molar-refractivity contribution in [3.8, 4) is 17.2 Å². The van der Waals surface area contributed by atoms with Crippen molar-refractivity contribution in [1.82, 2.24) is 4.90 Å². The fraction of sp³-hybridized carbons (Fsp3) is 0.533. The molecule has 8 heteroatoms. The zero-order valence-electron chi connectivity index (χ0n) is 23.4. The summed E-state index contributed by atoms with van der Waals surface area (Å²) in [6, 6.07) is 10.2. The first-order chi connectivity index (χ1) is 18.1. The predicted octanol–water partition coefficient (Wildman–Crippen LogP) is 6.08. The second kappa shape index (κ2) is 13.0. The SMILES string of the molecule is CCCCOc1cc(C2C(CCO)CCN2C(=O)OC(C)(C)C)c(OC)c(C)c1C(=O)Oc1ccccc1. The number of amides is 1. The minimum absolute atomic E-state index is 0.00797. The molecule has 2 aromatic rings. The first-order valence-corrected chi connectivity index (χ1v) is 13.3. The van der Waals surface area contributed by atoms with Gasteiger partial charge in [-0.15, -0.1) is 0 Å². The maximum absolute atomic E-state index is 13.4. The number of hydrogen-bond acceptors (Lipinski definition) is 7. The number of unbranched alkanes of at least 4 members (excludes halogenated alkanes) is 1.